The van der Waals surface area contributed by atoms with Gasteiger partial charge in [-0.2, -0.15) is 4.31 Å². The van der Waals surface area contributed by atoms with Gasteiger partial charge in [-0.1, -0.05) is 13.3 Å². The number of hydrogen-bond donors (Lipinski definition) is 1. The number of rotatable bonds is 5. The smallest absolute Gasteiger partial charge is 0.230 e. The predicted molar refractivity (Wildman–Crippen MR) is 77.6 cm³/mol. The Morgan fingerprint density at radius 3 is 2.20 bits per heavy atom. The van der Waals surface area contributed by atoms with Crippen LogP contribution in [0.2, 0.25) is 0 Å². The minimum atomic E-state index is -3.14. The lowest BCUT2D eigenvalue weighted by Crippen LogP contribution is -2.57. The lowest BCUT2D eigenvalue weighted by molar-refractivity contribution is -0.147. The Hall–Kier alpha value is -0.660. The molecule has 0 radical (unpaired) electrons. The number of nitrogens with zero attached hydrogens (tertiary/aromatic N) is 2. The molecule has 7 heteroatoms. The second-order valence-corrected chi connectivity index (χ2v) is 7.93. The minimum Gasteiger partial charge on any atom is -0.340 e. The van der Waals surface area contributed by atoms with Gasteiger partial charge in [-0.25, -0.2) is 8.42 Å². The van der Waals surface area contributed by atoms with Gasteiger partial charge < -0.3 is 10.6 Å². The second-order valence-electron chi connectivity index (χ2n) is 5.85. The average Bonchev–Trinajstić information content (AvgIpc) is 2.38. The summed E-state index contributed by atoms with van der Waals surface area (Å²) < 4.78 is 25.5. The highest BCUT2D eigenvalue weighted by molar-refractivity contribution is 7.89. The van der Waals surface area contributed by atoms with E-state index in [-0.39, 0.29) is 17.1 Å². The minimum absolute atomic E-state index is 0.124. The zero-order valence-corrected chi connectivity index (χ0v) is 13.0. The summed E-state index contributed by atoms with van der Waals surface area (Å²) in [6.45, 7) is 4.07. The van der Waals surface area contributed by atoms with Crippen molar-refractivity contribution in [1.82, 2.24) is 9.21 Å². The molecule has 0 spiro atoms. The summed E-state index contributed by atoms with van der Waals surface area (Å²) >= 11 is 0. The van der Waals surface area contributed by atoms with Gasteiger partial charge in [0.25, 0.3) is 0 Å². The van der Waals surface area contributed by atoms with Crippen LogP contribution in [0.1, 0.15) is 32.6 Å². The molecule has 1 aliphatic carbocycles. The van der Waals surface area contributed by atoms with Gasteiger partial charge in [0.1, 0.15) is 0 Å². The average molecular weight is 303 g/mol. The highest BCUT2D eigenvalue weighted by Gasteiger charge is 2.45. The normalized spacial score (nSPS) is 23.4. The van der Waals surface area contributed by atoms with Crippen LogP contribution in [0.3, 0.4) is 0 Å². The van der Waals surface area contributed by atoms with Gasteiger partial charge in [-0.05, 0) is 19.3 Å². The highest BCUT2D eigenvalue weighted by Crippen LogP contribution is 2.41. The van der Waals surface area contributed by atoms with E-state index in [2.05, 4.69) is 0 Å². The second kappa shape index (κ2) is 5.99. The third kappa shape index (κ3) is 2.84. The van der Waals surface area contributed by atoms with Crippen molar-refractivity contribution < 1.29 is 13.2 Å². The fraction of sp³-hybridized carbons (Fsp3) is 0.923. The largest absolute Gasteiger partial charge is 0.340 e. The van der Waals surface area contributed by atoms with E-state index in [9.17, 15) is 13.2 Å². The van der Waals surface area contributed by atoms with Gasteiger partial charge in [-0.15, -0.1) is 0 Å². The van der Waals surface area contributed by atoms with Gasteiger partial charge in [0.15, 0.2) is 0 Å². The van der Waals surface area contributed by atoms with Crippen LogP contribution in [0.15, 0.2) is 0 Å². The maximum atomic E-state index is 12.5. The molecule has 116 valence electrons. The molecule has 1 saturated carbocycles. The van der Waals surface area contributed by atoms with Crippen LogP contribution in [-0.4, -0.2) is 62.0 Å². The molecule has 1 saturated heterocycles. The summed E-state index contributed by atoms with van der Waals surface area (Å²) in [5, 5.41) is 0. The Morgan fingerprint density at radius 2 is 1.80 bits per heavy atom. The highest BCUT2D eigenvalue weighted by atomic mass is 32.2. The maximum Gasteiger partial charge on any atom is 0.230 e. The van der Waals surface area contributed by atoms with Gasteiger partial charge in [0.05, 0.1) is 11.2 Å². The third-order valence-corrected chi connectivity index (χ3v) is 6.61. The first-order valence-electron chi connectivity index (χ1n) is 7.42. The van der Waals surface area contributed by atoms with E-state index in [1.807, 2.05) is 6.92 Å². The molecule has 0 atom stereocenters. The molecule has 20 heavy (non-hydrogen) atoms. The first-order valence-corrected chi connectivity index (χ1v) is 9.03. The molecular weight excluding hydrogens is 278 g/mol. The molecule has 0 aromatic heterocycles. The lowest BCUT2D eigenvalue weighted by Gasteiger charge is -2.44. The summed E-state index contributed by atoms with van der Waals surface area (Å²) in [4.78, 5) is 14.3. The topological polar surface area (TPSA) is 83.7 Å². The van der Waals surface area contributed by atoms with Crippen molar-refractivity contribution in [3.63, 3.8) is 0 Å². The molecule has 2 fully saturated rings. The molecule has 2 N–H and O–H groups in total. The van der Waals surface area contributed by atoms with E-state index in [1.54, 1.807) is 4.90 Å². The van der Waals surface area contributed by atoms with E-state index in [1.165, 1.54) is 4.31 Å². The number of hydrogen-bond acceptors (Lipinski definition) is 4. The molecule has 1 amide bonds. The first-order chi connectivity index (χ1) is 9.45. The van der Waals surface area contributed by atoms with Crippen LogP contribution in [0.5, 0.6) is 0 Å². The van der Waals surface area contributed by atoms with Crippen LogP contribution in [0, 0.1) is 5.41 Å². The SMILES string of the molecule is CCCS(=O)(=O)N1CCN(C(=O)C2(CN)CCC2)CC1. The van der Waals surface area contributed by atoms with E-state index >= 15 is 0 Å². The molecule has 0 aromatic rings. The van der Waals surface area contributed by atoms with Crippen molar-refractivity contribution in [2.75, 3.05) is 38.5 Å². The molecule has 1 aliphatic heterocycles. The monoisotopic (exact) mass is 303 g/mol. The molecule has 0 bridgehead atoms. The fourth-order valence-corrected chi connectivity index (χ4v) is 4.49. The van der Waals surface area contributed by atoms with Crippen molar-refractivity contribution in [3.05, 3.63) is 0 Å². The maximum absolute atomic E-state index is 12.5. The number of carbonyl (C=O) groups is 1. The zero-order chi connectivity index (χ0) is 14.8. The number of piperazine rings is 1. The zero-order valence-electron chi connectivity index (χ0n) is 12.2. The first kappa shape index (κ1) is 15.7. The Labute approximate surface area is 121 Å². The fourth-order valence-electron chi connectivity index (χ4n) is 3.00. The van der Waals surface area contributed by atoms with Crippen molar-refractivity contribution in [2.45, 2.75) is 32.6 Å². The van der Waals surface area contributed by atoms with Crippen LogP contribution in [0.4, 0.5) is 0 Å². The van der Waals surface area contributed by atoms with Gasteiger partial charge in [-0.3, -0.25) is 4.79 Å². The van der Waals surface area contributed by atoms with Crippen molar-refractivity contribution in [3.8, 4) is 0 Å². The summed E-state index contributed by atoms with van der Waals surface area (Å²) in [7, 11) is -3.14. The number of sulfonamides is 1. The van der Waals surface area contributed by atoms with Gasteiger partial charge >= 0.3 is 0 Å². The molecule has 6 nitrogen and oxygen atoms in total. The van der Waals surface area contributed by atoms with Crippen LogP contribution in [0.25, 0.3) is 0 Å². The van der Waals surface area contributed by atoms with Gasteiger partial charge in [0.2, 0.25) is 15.9 Å². The quantitative estimate of drug-likeness (QED) is 0.775. The van der Waals surface area contributed by atoms with Crippen LogP contribution >= 0.6 is 0 Å². The number of nitrogens with two attached hydrogens (primary N) is 1. The third-order valence-electron chi connectivity index (χ3n) is 4.54. The summed E-state index contributed by atoms with van der Waals surface area (Å²) in [6, 6.07) is 0. The Balaban J connectivity index is 1.93. The summed E-state index contributed by atoms with van der Waals surface area (Å²) in [5.74, 6) is 0.312. The number of amides is 1. The van der Waals surface area contributed by atoms with Gasteiger partial charge in [0, 0.05) is 32.7 Å². The van der Waals surface area contributed by atoms with E-state index in [0.717, 1.165) is 19.3 Å². The standard InChI is InChI=1S/C13H25N3O3S/c1-2-10-20(18,19)16-8-6-15(7-9-16)12(17)13(11-14)4-3-5-13/h2-11,14H2,1H3. The summed E-state index contributed by atoms with van der Waals surface area (Å²) in [5.41, 5.74) is 5.40. The van der Waals surface area contributed by atoms with E-state index < -0.39 is 10.0 Å². The molecule has 1 heterocycles. The van der Waals surface area contributed by atoms with Crippen LogP contribution < -0.4 is 5.73 Å². The Bertz CT molecular complexity index is 446. The van der Waals surface area contributed by atoms with Crippen molar-refractivity contribution in [1.29, 1.82) is 0 Å². The Morgan fingerprint density at radius 1 is 1.20 bits per heavy atom. The van der Waals surface area contributed by atoms with E-state index in [4.69, 9.17) is 5.73 Å². The molecule has 0 aromatic carbocycles. The lowest BCUT2D eigenvalue weighted by atomic mass is 9.67. The predicted octanol–water partition coefficient (Wildman–Crippen LogP) is -0.000600. The summed E-state index contributed by atoms with van der Waals surface area (Å²) in [6.07, 6.45) is 3.43. The molecule has 0 unspecified atom stereocenters. The molecule has 2 aliphatic rings. The van der Waals surface area contributed by atoms with Crippen molar-refractivity contribution >= 4 is 15.9 Å². The number of carbonyl (C=O) groups excluding carboxylic acids is 1. The Kier molecular flexibility index (Phi) is 4.71. The van der Waals surface area contributed by atoms with Crippen molar-refractivity contribution in [2.24, 2.45) is 11.1 Å². The van der Waals surface area contributed by atoms with Crippen LogP contribution in [-0.2, 0) is 14.8 Å². The van der Waals surface area contributed by atoms with E-state index in [0.29, 0.717) is 39.1 Å². The molecular formula is C13H25N3O3S. The molecule has 2 rings (SSSR count).